The van der Waals surface area contributed by atoms with Gasteiger partial charge in [0.2, 0.25) is 5.91 Å². The van der Waals surface area contributed by atoms with E-state index in [1.165, 1.54) is 16.7 Å². The van der Waals surface area contributed by atoms with E-state index in [-0.39, 0.29) is 11.9 Å². The van der Waals surface area contributed by atoms with E-state index in [2.05, 4.69) is 49.3 Å². The first kappa shape index (κ1) is 24.4. The Morgan fingerprint density at radius 1 is 1.16 bits per heavy atom. The maximum atomic E-state index is 12.4. The summed E-state index contributed by atoms with van der Waals surface area (Å²) in [6, 6.07) is 12.3. The smallest absolute Gasteiger partial charge is 0.244 e. The van der Waals surface area contributed by atoms with Gasteiger partial charge in [-0.05, 0) is 86.4 Å². The van der Waals surface area contributed by atoms with Crippen LogP contribution >= 0.6 is 0 Å². The SMILES string of the molecule is CCCCC(=C(C)C=CC(=O)N[C@H](C)CCCc1cccnc1)c1ccc(OC)cc1. The highest BCUT2D eigenvalue weighted by Crippen LogP contribution is 2.27. The fraction of sp³-hybridized carbons (Fsp3) is 0.407. The minimum Gasteiger partial charge on any atom is -0.497 e. The van der Waals surface area contributed by atoms with Gasteiger partial charge in [-0.15, -0.1) is 0 Å². The van der Waals surface area contributed by atoms with Crippen LogP contribution in [0.4, 0.5) is 0 Å². The van der Waals surface area contributed by atoms with E-state index < -0.39 is 0 Å². The Hall–Kier alpha value is -2.88. The van der Waals surface area contributed by atoms with Crippen molar-refractivity contribution in [2.45, 2.75) is 65.3 Å². The van der Waals surface area contributed by atoms with Crippen LogP contribution in [-0.2, 0) is 11.2 Å². The van der Waals surface area contributed by atoms with Crippen LogP contribution in [-0.4, -0.2) is 24.0 Å². The number of nitrogens with zero attached hydrogens (tertiary/aromatic N) is 1. The summed E-state index contributed by atoms with van der Waals surface area (Å²) >= 11 is 0. The molecule has 4 heteroatoms. The second kappa shape index (κ2) is 13.4. The molecule has 1 heterocycles. The maximum absolute atomic E-state index is 12.4. The van der Waals surface area contributed by atoms with Crippen LogP contribution in [0, 0.1) is 0 Å². The van der Waals surface area contributed by atoms with E-state index in [0.29, 0.717) is 0 Å². The van der Waals surface area contributed by atoms with Crippen LogP contribution in [0.5, 0.6) is 5.75 Å². The van der Waals surface area contributed by atoms with Gasteiger partial charge in [-0.1, -0.05) is 37.6 Å². The molecule has 2 rings (SSSR count). The molecule has 1 N–H and O–H groups in total. The Morgan fingerprint density at radius 3 is 2.58 bits per heavy atom. The maximum Gasteiger partial charge on any atom is 0.244 e. The number of carbonyl (C=O) groups excluding carboxylic acids is 1. The second-order valence-corrected chi connectivity index (χ2v) is 7.99. The highest BCUT2D eigenvalue weighted by molar-refractivity contribution is 5.88. The molecule has 0 bridgehead atoms. The zero-order valence-corrected chi connectivity index (χ0v) is 19.4. The third kappa shape index (κ3) is 8.79. The first-order chi connectivity index (χ1) is 15.0. The van der Waals surface area contributed by atoms with Gasteiger partial charge in [-0.25, -0.2) is 0 Å². The molecule has 4 nitrogen and oxygen atoms in total. The molecule has 0 saturated heterocycles. The normalized spacial score (nSPS) is 13.0. The molecule has 0 fully saturated rings. The number of ether oxygens (including phenoxy) is 1. The van der Waals surface area contributed by atoms with Crippen molar-refractivity contribution in [2.24, 2.45) is 0 Å². The molecule has 1 atom stereocenters. The van der Waals surface area contributed by atoms with Gasteiger partial charge in [0.05, 0.1) is 7.11 Å². The number of methoxy groups -OCH3 is 1. The number of aromatic nitrogens is 1. The van der Waals surface area contributed by atoms with E-state index in [1.807, 2.05) is 30.5 Å². The predicted octanol–water partition coefficient (Wildman–Crippen LogP) is 6.14. The molecule has 0 aliphatic heterocycles. The van der Waals surface area contributed by atoms with Gasteiger partial charge in [-0.3, -0.25) is 9.78 Å². The van der Waals surface area contributed by atoms with Crippen molar-refractivity contribution in [2.75, 3.05) is 7.11 Å². The first-order valence-electron chi connectivity index (χ1n) is 11.2. The topological polar surface area (TPSA) is 51.2 Å². The number of amides is 1. The Bertz CT molecular complexity index is 855. The van der Waals surface area contributed by atoms with Crippen molar-refractivity contribution in [1.29, 1.82) is 0 Å². The number of allylic oxidation sites excluding steroid dienone is 3. The molecule has 1 aromatic heterocycles. The molecule has 1 amide bonds. The minimum absolute atomic E-state index is 0.0437. The van der Waals surface area contributed by atoms with E-state index in [0.717, 1.165) is 49.8 Å². The molecule has 1 aromatic carbocycles. The third-order valence-corrected chi connectivity index (χ3v) is 5.39. The largest absolute Gasteiger partial charge is 0.497 e. The van der Waals surface area contributed by atoms with E-state index in [9.17, 15) is 4.79 Å². The molecule has 2 aromatic rings. The fourth-order valence-corrected chi connectivity index (χ4v) is 3.54. The fourth-order valence-electron chi connectivity index (χ4n) is 3.54. The average molecular weight is 421 g/mol. The highest BCUT2D eigenvalue weighted by atomic mass is 16.5. The Labute approximate surface area is 187 Å². The lowest BCUT2D eigenvalue weighted by atomic mass is 9.95. The Balaban J connectivity index is 1.93. The molecule has 0 aliphatic carbocycles. The van der Waals surface area contributed by atoms with Crippen LogP contribution in [0.2, 0.25) is 0 Å². The van der Waals surface area contributed by atoms with Crippen molar-refractivity contribution >= 4 is 11.5 Å². The summed E-state index contributed by atoms with van der Waals surface area (Å²) in [5.41, 5.74) is 4.82. The average Bonchev–Trinajstić information content (AvgIpc) is 2.79. The summed E-state index contributed by atoms with van der Waals surface area (Å²) in [7, 11) is 1.68. The lowest BCUT2D eigenvalue weighted by Crippen LogP contribution is -2.31. The number of pyridine rings is 1. The summed E-state index contributed by atoms with van der Waals surface area (Å²) in [4.78, 5) is 16.5. The molecule has 0 aliphatic rings. The third-order valence-electron chi connectivity index (χ3n) is 5.39. The summed E-state index contributed by atoms with van der Waals surface area (Å²) in [5, 5.41) is 3.08. The standard InChI is InChI=1S/C27H36N2O2/c1-5-6-12-26(24-14-16-25(31-4)17-15-24)21(2)13-18-27(30)29-22(3)9-7-10-23-11-8-19-28-20-23/h8,11,13-20,22H,5-7,9-10,12H2,1-4H3,(H,29,30)/t22-/m1/s1. The molecular formula is C27H36N2O2. The van der Waals surface area contributed by atoms with Crippen molar-refractivity contribution in [3.05, 3.63) is 77.6 Å². The summed E-state index contributed by atoms with van der Waals surface area (Å²) in [6.07, 6.45) is 13.5. The van der Waals surface area contributed by atoms with Gasteiger partial charge < -0.3 is 10.1 Å². The van der Waals surface area contributed by atoms with E-state index in [4.69, 9.17) is 4.74 Å². The van der Waals surface area contributed by atoms with Crippen molar-refractivity contribution < 1.29 is 9.53 Å². The van der Waals surface area contributed by atoms with Crippen LogP contribution in [0.1, 0.15) is 64.0 Å². The van der Waals surface area contributed by atoms with E-state index in [1.54, 1.807) is 19.4 Å². The van der Waals surface area contributed by atoms with Crippen LogP contribution < -0.4 is 10.1 Å². The number of hydrogen-bond donors (Lipinski definition) is 1. The van der Waals surface area contributed by atoms with Gasteiger partial charge in [0.15, 0.2) is 0 Å². The number of carbonyl (C=O) groups is 1. The summed E-state index contributed by atoms with van der Waals surface area (Å²) < 4.78 is 5.27. The van der Waals surface area contributed by atoms with Crippen molar-refractivity contribution in [3.8, 4) is 5.75 Å². The van der Waals surface area contributed by atoms with Crippen molar-refractivity contribution in [3.63, 3.8) is 0 Å². The van der Waals surface area contributed by atoms with Gasteiger partial charge in [0.1, 0.15) is 5.75 Å². The molecule has 0 radical (unpaired) electrons. The van der Waals surface area contributed by atoms with Gasteiger partial charge in [0, 0.05) is 24.5 Å². The predicted molar refractivity (Wildman–Crippen MR) is 129 cm³/mol. The summed E-state index contributed by atoms with van der Waals surface area (Å²) in [6.45, 7) is 6.33. The lowest BCUT2D eigenvalue weighted by Gasteiger charge is -2.13. The van der Waals surface area contributed by atoms with Gasteiger partial charge >= 0.3 is 0 Å². The first-order valence-corrected chi connectivity index (χ1v) is 11.2. The zero-order valence-electron chi connectivity index (χ0n) is 19.4. The molecule has 0 spiro atoms. The van der Waals surface area contributed by atoms with Crippen LogP contribution in [0.3, 0.4) is 0 Å². The molecule has 0 saturated carbocycles. The highest BCUT2D eigenvalue weighted by Gasteiger charge is 2.07. The molecule has 0 unspecified atom stereocenters. The van der Waals surface area contributed by atoms with Crippen LogP contribution in [0.25, 0.3) is 5.57 Å². The second-order valence-electron chi connectivity index (χ2n) is 7.99. The van der Waals surface area contributed by atoms with Crippen molar-refractivity contribution in [1.82, 2.24) is 10.3 Å². The van der Waals surface area contributed by atoms with Gasteiger partial charge in [-0.2, -0.15) is 0 Å². The lowest BCUT2D eigenvalue weighted by molar-refractivity contribution is -0.117. The number of nitrogens with one attached hydrogen (secondary N) is 1. The number of hydrogen-bond acceptors (Lipinski definition) is 3. The monoisotopic (exact) mass is 420 g/mol. The Morgan fingerprint density at radius 2 is 1.94 bits per heavy atom. The molecule has 31 heavy (non-hydrogen) atoms. The number of benzene rings is 1. The van der Waals surface area contributed by atoms with E-state index >= 15 is 0 Å². The zero-order chi connectivity index (χ0) is 22.5. The molecular weight excluding hydrogens is 384 g/mol. The minimum atomic E-state index is -0.0437. The number of unbranched alkanes of at least 4 members (excludes halogenated alkanes) is 1. The number of aryl methyl sites for hydroxylation is 1. The molecule has 166 valence electrons. The quantitative estimate of drug-likeness (QED) is 0.331. The van der Waals surface area contributed by atoms with Crippen LogP contribution in [0.15, 0.2) is 66.5 Å². The number of rotatable bonds is 12. The van der Waals surface area contributed by atoms with Gasteiger partial charge in [0.25, 0.3) is 0 Å². The summed E-state index contributed by atoms with van der Waals surface area (Å²) in [5.74, 6) is 0.807. The Kier molecular flexibility index (Phi) is 10.6.